The van der Waals surface area contributed by atoms with Gasteiger partial charge in [-0.05, 0) is 42.5 Å². The molecule has 0 atom stereocenters. The Hall–Kier alpha value is -4.20. The van der Waals surface area contributed by atoms with Gasteiger partial charge in [-0.1, -0.05) is 24.3 Å². The number of anilines is 2. The summed E-state index contributed by atoms with van der Waals surface area (Å²) in [6.07, 6.45) is 0.178. The number of carbonyl (C=O) groups is 1. The Kier molecular flexibility index (Phi) is 5.38. The number of aromatic nitrogens is 2. The topological polar surface area (TPSA) is 113 Å². The number of nitro groups is 1. The molecule has 1 aromatic heterocycles. The van der Waals surface area contributed by atoms with Gasteiger partial charge in [0, 0.05) is 30.3 Å². The number of hydrogen-bond acceptors (Lipinski definition) is 5. The summed E-state index contributed by atoms with van der Waals surface area (Å²) in [6, 6.07) is 21.6. The minimum Gasteiger partial charge on any atom is -0.379 e. The van der Waals surface area contributed by atoms with E-state index >= 15 is 0 Å². The number of aromatic amines is 1. The van der Waals surface area contributed by atoms with E-state index in [0.717, 1.165) is 22.4 Å². The average molecular weight is 401 g/mol. The van der Waals surface area contributed by atoms with Crippen LogP contribution in [0.2, 0.25) is 0 Å². The van der Waals surface area contributed by atoms with Crippen molar-refractivity contribution in [2.24, 2.45) is 0 Å². The van der Waals surface area contributed by atoms with Crippen LogP contribution in [0, 0.1) is 10.1 Å². The molecule has 30 heavy (non-hydrogen) atoms. The van der Waals surface area contributed by atoms with Gasteiger partial charge in [0.05, 0.1) is 16.0 Å². The zero-order valence-electron chi connectivity index (χ0n) is 16.0. The normalized spacial score (nSPS) is 10.7. The zero-order chi connectivity index (χ0) is 20.9. The minimum absolute atomic E-state index is 0.0147. The van der Waals surface area contributed by atoms with E-state index in [1.165, 1.54) is 6.07 Å². The first-order valence-electron chi connectivity index (χ1n) is 9.42. The van der Waals surface area contributed by atoms with E-state index in [1.54, 1.807) is 18.2 Å². The fraction of sp³-hybridized carbons (Fsp3) is 0.0909. The summed E-state index contributed by atoms with van der Waals surface area (Å²) >= 11 is 0. The second-order valence-electron chi connectivity index (χ2n) is 6.68. The van der Waals surface area contributed by atoms with Crippen LogP contribution in [0.4, 0.5) is 17.1 Å². The van der Waals surface area contributed by atoms with Crippen molar-refractivity contribution >= 4 is 34.0 Å². The highest BCUT2D eigenvalue weighted by Crippen LogP contribution is 2.24. The van der Waals surface area contributed by atoms with Crippen molar-refractivity contribution < 1.29 is 9.72 Å². The third kappa shape index (κ3) is 4.27. The lowest BCUT2D eigenvalue weighted by Crippen LogP contribution is -2.16. The Labute approximate surface area is 172 Å². The zero-order valence-corrected chi connectivity index (χ0v) is 16.0. The molecule has 4 rings (SSSR count). The first kappa shape index (κ1) is 19.1. The third-order valence-corrected chi connectivity index (χ3v) is 4.60. The molecule has 0 aliphatic rings. The lowest BCUT2D eigenvalue weighted by Gasteiger charge is -2.08. The Balaban J connectivity index is 1.33. The molecule has 3 aromatic carbocycles. The standard InChI is InChI=1S/C22H19N5O3/c28-21(13-14-23-19-7-3-4-8-20(19)27(29)30)24-16-11-9-15(10-12-16)22-25-17-5-1-2-6-18(17)26-22/h1-12,23H,13-14H2,(H,24,28)(H,25,26). The van der Waals surface area contributed by atoms with Gasteiger partial charge in [0.15, 0.2) is 0 Å². The first-order valence-corrected chi connectivity index (χ1v) is 9.42. The van der Waals surface area contributed by atoms with Gasteiger partial charge in [-0.15, -0.1) is 0 Å². The lowest BCUT2D eigenvalue weighted by molar-refractivity contribution is -0.384. The maximum atomic E-state index is 12.2. The number of rotatable bonds is 7. The average Bonchev–Trinajstić information content (AvgIpc) is 3.19. The number of H-pyrrole nitrogens is 1. The van der Waals surface area contributed by atoms with Crippen LogP contribution in [0.5, 0.6) is 0 Å². The molecular weight excluding hydrogens is 382 g/mol. The van der Waals surface area contributed by atoms with Gasteiger partial charge < -0.3 is 15.6 Å². The van der Waals surface area contributed by atoms with Gasteiger partial charge in [-0.25, -0.2) is 4.98 Å². The van der Waals surface area contributed by atoms with Gasteiger partial charge in [0.25, 0.3) is 5.69 Å². The SMILES string of the molecule is O=C(CCNc1ccccc1[N+](=O)[O-])Nc1ccc(-c2nc3ccccc3[nH]2)cc1. The number of hydrogen-bond donors (Lipinski definition) is 3. The Bertz CT molecular complexity index is 1170. The minimum atomic E-state index is -0.452. The molecule has 0 aliphatic heterocycles. The van der Waals surface area contributed by atoms with E-state index in [2.05, 4.69) is 20.6 Å². The first-order chi connectivity index (χ1) is 14.6. The number of para-hydroxylation sites is 4. The molecule has 1 amide bonds. The molecule has 0 unspecified atom stereocenters. The smallest absolute Gasteiger partial charge is 0.292 e. The molecule has 4 aromatic rings. The number of imidazole rings is 1. The summed E-state index contributed by atoms with van der Waals surface area (Å²) in [5.74, 6) is 0.584. The van der Waals surface area contributed by atoms with Crippen LogP contribution >= 0.6 is 0 Å². The van der Waals surface area contributed by atoms with Crippen LogP contribution in [0.15, 0.2) is 72.8 Å². The van der Waals surface area contributed by atoms with E-state index in [0.29, 0.717) is 11.4 Å². The molecule has 0 aliphatic carbocycles. The van der Waals surface area contributed by atoms with Gasteiger partial charge >= 0.3 is 0 Å². The molecule has 3 N–H and O–H groups in total. The summed E-state index contributed by atoms with van der Waals surface area (Å²) in [5.41, 5.74) is 3.84. The van der Waals surface area contributed by atoms with E-state index in [-0.39, 0.29) is 24.6 Å². The second-order valence-corrected chi connectivity index (χ2v) is 6.68. The predicted molar refractivity (Wildman–Crippen MR) is 116 cm³/mol. The summed E-state index contributed by atoms with van der Waals surface area (Å²) in [5, 5.41) is 16.8. The van der Waals surface area contributed by atoms with E-state index in [4.69, 9.17) is 0 Å². The van der Waals surface area contributed by atoms with Crippen molar-refractivity contribution in [3.63, 3.8) is 0 Å². The number of nitrogens with one attached hydrogen (secondary N) is 3. The number of benzene rings is 3. The van der Waals surface area contributed by atoms with E-state index in [9.17, 15) is 14.9 Å². The second kappa shape index (κ2) is 8.44. The lowest BCUT2D eigenvalue weighted by atomic mass is 10.2. The van der Waals surface area contributed by atoms with Crippen LogP contribution in [-0.4, -0.2) is 27.3 Å². The highest BCUT2D eigenvalue weighted by molar-refractivity contribution is 5.91. The molecule has 8 nitrogen and oxygen atoms in total. The summed E-state index contributed by atoms with van der Waals surface area (Å²) in [6.45, 7) is 0.285. The Morgan fingerprint density at radius 2 is 1.73 bits per heavy atom. The number of carbonyl (C=O) groups excluding carboxylic acids is 1. The monoisotopic (exact) mass is 401 g/mol. The quantitative estimate of drug-likeness (QED) is 0.310. The van der Waals surface area contributed by atoms with Crippen LogP contribution in [-0.2, 0) is 4.79 Å². The summed E-state index contributed by atoms with van der Waals surface area (Å²) in [4.78, 5) is 30.6. The fourth-order valence-corrected chi connectivity index (χ4v) is 3.12. The largest absolute Gasteiger partial charge is 0.379 e. The van der Waals surface area contributed by atoms with Crippen molar-refractivity contribution in [1.29, 1.82) is 0 Å². The molecule has 150 valence electrons. The van der Waals surface area contributed by atoms with Crippen molar-refractivity contribution in [3.8, 4) is 11.4 Å². The molecule has 0 saturated carbocycles. The molecule has 0 spiro atoms. The number of amides is 1. The predicted octanol–water partition coefficient (Wildman–Crippen LogP) is 4.58. The van der Waals surface area contributed by atoms with Gasteiger partial charge in [0.2, 0.25) is 5.91 Å². The van der Waals surface area contributed by atoms with E-state index < -0.39 is 4.92 Å². The molecule has 8 heteroatoms. The van der Waals surface area contributed by atoms with Gasteiger partial charge in [-0.3, -0.25) is 14.9 Å². The van der Waals surface area contributed by atoms with Gasteiger partial charge in [-0.2, -0.15) is 0 Å². The van der Waals surface area contributed by atoms with Crippen LogP contribution in [0.25, 0.3) is 22.4 Å². The van der Waals surface area contributed by atoms with Crippen molar-refractivity contribution in [2.45, 2.75) is 6.42 Å². The maximum absolute atomic E-state index is 12.2. The highest BCUT2D eigenvalue weighted by atomic mass is 16.6. The fourth-order valence-electron chi connectivity index (χ4n) is 3.12. The highest BCUT2D eigenvalue weighted by Gasteiger charge is 2.12. The molecule has 0 saturated heterocycles. The summed E-state index contributed by atoms with van der Waals surface area (Å²) < 4.78 is 0. The summed E-state index contributed by atoms with van der Waals surface area (Å²) in [7, 11) is 0. The van der Waals surface area contributed by atoms with Crippen molar-refractivity contribution in [2.75, 3.05) is 17.2 Å². The molecule has 0 radical (unpaired) electrons. The Morgan fingerprint density at radius 1 is 1.00 bits per heavy atom. The number of fused-ring (bicyclic) bond motifs is 1. The van der Waals surface area contributed by atoms with Gasteiger partial charge in [0.1, 0.15) is 11.5 Å². The van der Waals surface area contributed by atoms with Crippen molar-refractivity contribution in [3.05, 3.63) is 82.9 Å². The molecular formula is C22H19N5O3. The number of nitro benzene ring substituents is 1. The maximum Gasteiger partial charge on any atom is 0.292 e. The van der Waals surface area contributed by atoms with Crippen molar-refractivity contribution in [1.82, 2.24) is 9.97 Å². The van der Waals surface area contributed by atoms with Crippen LogP contribution in [0.3, 0.4) is 0 Å². The molecule has 0 fully saturated rings. The molecule has 1 heterocycles. The van der Waals surface area contributed by atoms with E-state index in [1.807, 2.05) is 48.5 Å². The van der Waals surface area contributed by atoms with Crippen LogP contribution in [0.1, 0.15) is 6.42 Å². The van der Waals surface area contributed by atoms with Crippen LogP contribution < -0.4 is 10.6 Å². The number of nitrogens with zero attached hydrogens (tertiary/aromatic N) is 2. The molecule has 0 bridgehead atoms. The Morgan fingerprint density at radius 3 is 2.50 bits per heavy atom. The third-order valence-electron chi connectivity index (χ3n) is 4.60.